The van der Waals surface area contributed by atoms with Gasteiger partial charge in [-0.25, -0.2) is 0 Å². The fraction of sp³-hybridized carbons (Fsp3) is 0.381. The minimum atomic E-state index is 0. The van der Waals surface area contributed by atoms with Gasteiger partial charge in [-0.2, -0.15) is 0 Å². The maximum atomic E-state index is 12.2. The first-order chi connectivity index (χ1) is 12.3. The molecule has 0 bridgehead atoms. The van der Waals surface area contributed by atoms with Crippen LogP contribution in [0.2, 0.25) is 0 Å². The number of amides is 1. The minimum absolute atomic E-state index is 0. The lowest BCUT2D eigenvalue weighted by molar-refractivity contribution is -0.126. The molecule has 26 heavy (non-hydrogen) atoms. The van der Waals surface area contributed by atoms with E-state index in [9.17, 15) is 4.79 Å². The monoisotopic (exact) mass is 373 g/mol. The number of piperidine rings is 1. The molecule has 1 unspecified atom stereocenters. The van der Waals surface area contributed by atoms with Crippen molar-refractivity contribution in [1.29, 1.82) is 0 Å². The highest BCUT2D eigenvalue weighted by molar-refractivity contribution is 5.85. The van der Waals surface area contributed by atoms with Gasteiger partial charge in [0.05, 0.1) is 5.92 Å². The summed E-state index contributed by atoms with van der Waals surface area (Å²) in [4.78, 5) is 14.5. The average molecular weight is 374 g/mol. The van der Waals surface area contributed by atoms with Crippen molar-refractivity contribution in [3.8, 4) is 11.1 Å². The normalized spacial score (nSPS) is 17.3. The van der Waals surface area contributed by atoms with Crippen LogP contribution in [0.3, 0.4) is 0 Å². The maximum Gasteiger partial charge on any atom is 0.224 e. The number of halogens is 1. The summed E-state index contributed by atoms with van der Waals surface area (Å²) in [7, 11) is 0. The second-order valence-electron chi connectivity index (χ2n) is 6.72. The van der Waals surface area contributed by atoms with Crippen molar-refractivity contribution in [2.75, 3.05) is 26.2 Å². The molecule has 0 saturated carbocycles. The van der Waals surface area contributed by atoms with Gasteiger partial charge in [0.2, 0.25) is 5.91 Å². The molecular formula is C21H28ClN3O. The molecule has 1 aliphatic heterocycles. The predicted octanol–water partition coefficient (Wildman–Crippen LogP) is 3.06. The quantitative estimate of drug-likeness (QED) is 0.818. The van der Waals surface area contributed by atoms with Crippen LogP contribution >= 0.6 is 12.4 Å². The van der Waals surface area contributed by atoms with Gasteiger partial charge >= 0.3 is 0 Å². The molecule has 0 radical (unpaired) electrons. The van der Waals surface area contributed by atoms with E-state index in [1.807, 2.05) is 6.07 Å². The second-order valence-corrected chi connectivity index (χ2v) is 6.72. The third-order valence-electron chi connectivity index (χ3n) is 4.79. The Bertz CT molecular complexity index is 675. The molecule has 3 N–H and O–H groups in total. The zero-order chi connectivity index (χ0) is 17.5. The highest BCUT2D eigenvalue weighted by Gasteiger charge is 2.25. The average Bonchev–Trinajstić information content (AvgIpc) is 2.67. The Labute approximate surface area is 162 Å². The third-order valence-corrected chi connectivity index (χ3v) is 4.79. The summed E-state index contributed by atoms with van der Waals surface area (Å²) in [5, 5.41) is 2.92. The number of nitrogens with zero attached hydrogens (tertiary/aromatic N) is 1. The van der Waals surface area contributed by atoms with E-state index in [4.69, 9.17) is 5.73 Å². The van der Waals surface area contributed by atoms with Gasteiger partial charge in [-0.05, 0) is 36.1 Å². The van der Waals surface area contributed by atoms with E-state index >= 15 is 0 Å². The van der Waals surface area contributed by atoms with E-state index in [0.29, 0.717) is 13.1 Å². The van der Waals surface area contributed by atoms with Gasteiger partial charge in [0.1, 0.15) is 0 Å². The topological polar surface area (TPSA) is 58.4 Å². The largest absolute Gasteiger partial charge is 0.355 e. The molecule has 1 amide bonds. The van der Waals surface area contributed by atoms with Crippen LogP contribution in [-0.2, 0) is 11.3 Å². The van der Waals surface area contributed by atoms with Crippen LogP contribution in [0.1, 0.15) is 18.4 Å². The SMILES string of the molecule is Cl.NCCNC(=O)C1CCCN(Cc2ccc(-c3ccccc3)cc2)C1. The molecule has 0 aromatic heterocycles. The third kappa shape index (κ3) is 5.56. The Balaban J connectivity index is 0.00000243. The smallest absolute Gasteiger partial charge is 0.224 e. The highest BCUT2D eigenvalue weighted by Crippen LogP contribution is 2.22. The molecule has 0 spiro atoms. The van der Waals surface area contributed by atoms with Crippen LogP contribution in [0, 0.1) is 5.92 Å². The molecule has 2 aromatic rings. The summed E-state index contributed by atoms with van der Waals surface area (Å²) < 4.78 is 0. The minimum Gasteiger partial charge on any atom is -0.355 e. The molecule has 1 saturated heterocycles. The molecule has 1 heterocycles. The van der Waals surface area contributed by atoms with Gasteiger partial charge in [-0.1, -0.05) is 54.6 Å². The molecule has 140 valence electrons. The van der Waals surface area contributed by atoms with Crippen molar-refractivity contribution >= 4 is 18.3 Å². The van der Waals surface area contributed by atoms with E-state index in [-0.39, 0.29) is 24.2 Å². The highest BCUT2D eigenvalue weighted by atomic mass is 35.5. The first-order valence-corrected chi connectivity index (χ1v) is 9.11. The summed E-state index contributed by atoms with van der Waals surface area (Å²) in [5.41, 5.74) is 9.24. The van der Waals surface area contributed by atoms with Crippen LogP contribution in [0.15, 0.2) is 54.6 Å². The Kier molecular flexibility index (Phi) is 8.10. The summed E-state index contributed by atoms with van der Waals surface area (Å²) in [6.45, 7) is 3.85. The molecule has 2 aromatic carbocycles. The van der Waals surface area contributed by atoms with Crippen molar-refractivity contribution in [2.24, 2.45) is 11.7 Å². The maximum absolute atomic E-state index is 12.2. The Morgan fingerprint density at radius 1 is 1.08 bits per heavy atom. The number of rotatable bonds is 6. The van der Waals surface area contributed by atoms with Crippen LogP contribution in [-0.4, -0.2) is 37.0 Å². The van der Waals surface area contributed by atoms with Crippen molar-refractivity contribution < 1.29 is 4.79 Å². The number of hydrogen-bond donors (Lipinski definition) is 2. The van der Waals surface area contributed by atoms with Gasteiger partial charge in [0, 0.05) is 26.2 Å². The lowest BCUT2D eigenvalue weighted by atomic mass is 9.96. The Morgan fingerprint density at radius 2 is 1.77 bits per heavy atom. The second kappa shape index (κ2) is 10.3. The summed E-state index contributed by atoms with van der Waals surface area (Å²) in [5.74, 6) is 0.235. The van der Waals surface area contributed by atoms with Gasteiger partial charge in [-0.3, -0.25) is 9.69 Å². The lowest BCUT2D eigenvalue weighted by Gasteiger charge is -2.32. The van der Waals surface area contributed by atoms with Crippen LogP contribution in [0.4, 0.5) is 0 Å². The van der Waals surface area contributed by atoms with E-state index < -0.39 is 0 Å². The van der Waals surface area contributed by atoms with Crippen molar-refractivity contribution in [3.05, 3.63) is 60.2 Å². The van der Waals surface area contributed by atoms with E-state index in [1.54, 1.807) is 0 Å². The lowest BCUT2D eigenvalue weighted by Crippen LogP contribution is -2.43. The number of hydrogen-bond acceptors (Lipinski definition) is 3. The molecule has 1 fully saturated rings. The number of nitrogens with one attached hydrogen (secondary N) is 1. The van der Waals surface area contributed by atoms with Gasteiger partial charge < -0.3 is 11.1 Å². The van der Waals surface area contributed by atoms with Crippen LogP contribution in [0.25, 0.3) is 11.1 Å². The molecule has 5 heteroatoms. The molecule has 1 aliphatic rings. The number of benzene rings is 2. The molecule has 4 nitrogen and oxygen atoms in total. The predicted molar refractivity (Wildman–Crippen MR) is 109 cm³/mol. The molecule has 0 aliphatic carbocycles. The fourth-order valence-electron chi connectivity index (χ4n) is 3.44. The summed E-state index contributed by atoms with van der Waals surface area (Å²) in [6.07, 6.45) is 2.04. The molecule has 3 rings (SSSR count). The van der Waals surface area contributed by atoms with Crippen LogP contribution < -0.4 is 11.1 Å². The Morgan fingerprint density at radius 3 is 2.46 bits per heavy atom. The van der Waals surface area contributed by atoms with Crippen LogP contribution in [0.5, 0.6) is 0 Å². The zero-order valence-corrected chi connectivity index (χ0v) is 15.9. The van der Waals surface area contributed by atoms with E-state index in [1.165, 1.54) is 16.7 Å². The van der Waals surface area contributed by atoms with Crippen molar-refractivity contribution in [3.63, 3.8) is 0 Å². The number of carbonyl (C=O) groups excluding carboxylic acids is 1. The first kappa shape index (κ1) is 20.4. The van der Waals surface area contributed by atoms with Gasteiger partial charge in [-0.15, -0.1) is 12.4 Å². The van der Waals surface area contributed by atoms with Crippen molar-refractivity contribution in [1.82, 2.24) is 10.2 Å². The Hall–Kier alpha value is -1.88. The summed E-state index contributed by atoms with van der Waals surface area (Å²) >= 11 is 0. The standard InChI is InChI=1S/C21H27N3O.ClH/c22-12-13-23-21(25)20-7-4-14-24(16-20)15-17-8-10-19(11-9-17)18-5-2-1-3-6-18;/h1-3,5-6,8-11,20H,4,7,12-16,22H2,(H,23,25);1H. The zero-order valence-electron chi connectivity index (χ0n) is 15.1. The first-order valence-electron chi connectivity index (χ1n) is 9.11. The van der Waals surface area contributed by atoms with E-state index in [2.05, 4.69) is 58.7 Å². The van der Waals surface area contributed by atoms with Crippen molar-refractivity contribution in [2.45, 2.75) is 19.4 Å². The number of nitrogens with two attached hydrogens (primary N) is 1. The van der Waals surface area contributed by atoms with Gasteiger partial charge in [0.25, 0.3) is 0 Å². The van der Waals surface area contributed by atoms with E-state index in [0.717, 1.165) is 32.5 Å². The van der Waals surface area contributed by atoms with Gasteiger partial charge in [0.15, 0.2) is 0 Å². The molecular weight excluding hydrogens is 346 g/mol. The number of carbonyl (C=O) groups is 1. The summed E-state index contributed by atoms with van der Waals surface area (Å²) in [6, 6.07) is 19.2. The number of likely N-dealkylation sites (tertiary alicyclic amines) is 1. The fourth-order valence-corrected chi connectivity index (χ4v) is 3.44. The molecule has 1 atom stereocenters.